The molecule has 1 aliphatic rings. The molecular formula is C12H21NO5. The second-order valence-corrected chi connectivity index (χ2v) is 5.64. The molecule has 0 spiro atoms. The highest BCUT2D eigenvalue weighted by atomic mass is 16.6. The molecule has 1 heterocycles. The van der Waals surface area contributed by atoms with Gasteiger partial charge >= 0.3 is 12.1 Å². The Hall–Kier alpha value is -1.30. The third-order valence-corrected chi connectivity index (χ3v) is 2.78. The number of carboxylic acid groups (broad SMARTS) is 1. The summed E-state index contributed by atoms with van der Waals surface area (Å²) in [6.07, 6.45) is 0.132. The molecule has 0 aromatic carbocycles. The van der Waals surface area contributed by atoms with E-state index in [1.54, 1.807) is 20.8 Å². The van der Waals surface area contributed by atoms with Crippen molar-refractivity contribution in [3.8, 4) is 0 Å². The lowest BCUT2D eigenvalue weighted by molar-refractivity contribution is -0.149. The van der Waals surface area contributed by atoms with Crippen LogP contribution in [0.3, 0.4) is 0 Å². The molecule has 2 unspecified atom stereocenters. The SMILES string of the molecule is CC(C)(C)OC(=O)NC(C)(C(=O)O)C1CCCO1. The van der Waals surface area contributed by atoms with Crippen molar-refractivity contribution < 1.29 is 24.2 Å². The normalized spacial score (nSPS) is 23.2. The summed E-state index contributed by atoms with van der Waals surface area (Å²) in [5.41, 5.74) is -2.13. The number of carbonyl (C=O) groups is 2. The van der Waals surface area contributed by atoms with E-state index in [1.165, 1.54) is 6.92 Å². The lowest BCUT2D eigenvalue weighted by Crippen LogP contribution is -2.60. The van der Waals surface area contributed by atoms with Gasteiger partial charge in [0, 0.05) is 6.61 Å². The fourth-order valence-electron chi connectivity index (χ4n) is 1.82. The molecule has 0 bridgehead atoms. The minimum absolute atomic E-state index is 0.517. The van der Waals surface area contributed by atoms with Crippen LogP contribution < -0.4 is 5.32 Å². The summed E-state index contributed by atoms with van der Waals surface area (Å²) >= 11 is 0. The van der Waals surface area contributed by atoms with Gasteiger partial charge in [0.05, 0.1) is 6.10 Å². The van der Waals surface area contributed by atoms with Crippen molar-refractivity contribution >= 4 is 12.1 Å². The first-order valence-electron chi connectivity index (χ1n) is 6.01. The highest BCUT2D eigenvalue weighted by Crippen LogP contribution is 2.25. The van der Waals surface area contributed by atoms with Crippen LogP contribution in [0.2, 0.25) is 0 Å². The van der Waals surface area contributed by atoms with Crippen LogP contribution in [0.4, 0.5) is 4.79 Å². The summed E-state index contributed by atoms with van der Waals surface area (Å²) in [5.74, 6) is -1.12. The van der Waals surface area contributed by atoms with Crippen molar-refractivity contribution in [2.75, 3.05) is 6.61 Å². The van der Waals surface area contributed by atoms with E-state index in [2.05, 4.69) is 5.32 Å². The zero-order valence-electron chi connectivity index (χ0n) is 11.3. The van der Waals surface area contributed by atoms with Crippen molar-refractivity contribution in [3.63, 3.8) is 0 Å². The molecule has 2 atom stereocenters. The molecule has 0 aliphatic carbocycles. The maximum atomic E-state index is 11.7. The number of amides is 1. The molecule has 1 saturated heterocycles. The molecule has 1 fully saturated rings. The van der Waals surface area contributed by atoms with Crippen LogP contribution in [0.15, 0.2) is 0 Å². The zero-order chi connectivity index (χ0) is 14.0. The predicted molar refractivity (Wildman–Crippen MR) is 64.4 cm³/mol. The molecule has 1 rings (SSSR count). The smallest absolute Gasteiger partial charge is 0.408 e. The average Bonchev–Trinajstić information content (AvgIpc) is 2.66. The molecule has 0 aromatic heterocycles. The Labute approximate surface area is 107 Å². The topological polar surface area (TPSA) is 84.9 Å². The fraction of sp³-hybridized carbons (Fsp3) is 0.833. The minimum atomic E-state index is -1.46. The number of hydrogen-bond acceptors (Lipinski definition) is 4. The second kappa shape index (κ2) is 5.14. The van der Waals surface area contributed by atoms with Crippen LogP contribution in [0, 0.1) is 0 Å². The Morgan fingerprint density at radius 1 is 1.33 bits per heavy atom. The first kappa shape index (κ1) is 14.8. The molecule has 2 N–H and O–H groups in total. The average molecular weight is 259 g/mol. The number of rotatable bonds is 3. The van der Waals surface area contributed by atoms with E-state index in [1.807, 2.05) is 0 Å². The summed E-state index contributed by atoms with van der Waals surface area (Å²) in [5, 5.41) is 11.7. The molecule has 0 aromatic rings. The fourth-order valence-corrected chi connectivity index (χ4v) is 1.82. The zero-order valence-corrected chi connectivity index (χ0v) is 11.3. The molecule has 6 nitrogen and oxygen atoms in total. The van der Waals surface area contributed by atoms with E-state index < -0.39 is 29.3 Å². The Bertz CT molecular complexity index is 330. The lowest BCUT2D eigenvalue weighted by atomic mass is 9.93. The van der Waals surface area contributed by atoms with Gasteiger partial charge in [0.25, 0.3) is 0 Å². The standard InChI is InChI=1S/C12H21NO5/c1-11(2,3)18-10(16)13-12(4,9(14)15)8-6-5-7-17-8/h8H,5-7H2,1-4H3,(H,13,16)(H,14,15). The molecule has 0 saturated carbocycles. The van der Waals surface area contributed by atoms with Crippen LogP contribution in [0.5, 0.6) is 0 Å². The highest BCUT2D eigenvalue weighted by molar-refractivity contribution is 5.84. The summed E-state index contributed by atoms with van der Waals surface area (Å²) in [4.78, 5) is 23.0. The van der Waals surface area contributed by atoms with Crippen LogP contribution in [0.1, 0.15) is 40.5 Å². The highest BCUT2D eigenvalue weighted by Gasteiger charge is 2.46. The van der Waals surface area contributed by atoms with Crippen molar-refractivity contribution in [3.05, 3.63) is 0 Å². The molecule has 1 amide bonds. The Morgan fingerprint density at radius 3 is 2.33 bits per heavy atom. The van der Waals surface area contributed by atoms with Crippen LogP contribution in [-0.4, -0.2) is 41.0 Å². The van der Waals surface area contributed by atoms with Crippen molar-refractivity contribution in [1.29, 1.82) is 0 Å². The van der Waals surface area contributed by atoms with Gasteiger partial charge in [-0.3, -0.25) is 0 Å². The summed E-state index contributed by atoms with van der Waals surface area (Å²) in [6, 6.07) is 0. The van der Waals surface area contributed by atoms with Gasteiger partial charge in [-0.1, -0.05) is 0 Å². The number of nitrogens with one attached hydrogen (secondary N) is 1. The van der Waals surface area contributed by atoms with E-state index in [9.17, 15) is 14.7 Å². The van der Waals surface area contributed by atoms with Crippen molar-refractivity contribution in [1.82, 2.24) is 5.32 Å². The van der Waals surface area contributed by atoms with Gasteiger partial charge in [-0.2, -0.15) is 0 Å². The first-order valence-corrected chi connectivity index (χ1v) is 6.01. The Balaban J connectivity index is 2.74. The molecule has 18 heavy (non-hydrogen) atoms. The van der Waals surface area contributed by atoms with Gasteiger partial charge in [-0.25, -0.2) is 9.59 Å². The van der Waals surface area contributed by atoms with Gasteiger partial charge < -0.3 is 19.9 Å². The van der Waals surface area contributed by atoms with Gasteiger partial charge in [0.15, 0.2) is 5.54 Å². The first-order chi connectivity index (χ1) is 8.15. The van der Waals surface area contributed by atoms with Gasteiger partial charge in [0.1, 0.15) is 5.60 Å². The van der Waals surface area contributed by atoms with Crippen molar-refractivity contribution in [2.45, 2.75) is 57.8 Å². The molecular weight excluding hydrogens is 238 g/mol. The Kier molecular flexibility index (Phi) is 4.21. The number of carbonyl (C=O) groups excluding carboxylic acids is 1. The Morgan fingerprint density at radius 2 is 1.94 bits per heavy atom. The monoisotopic (exact) mass is 259 g/mol. The number of carboxylic acids is 1. The van der Waals surface area contributed by atoms with E-state index in [0.717, 1.165) is 6.42 Å². The number of alkyl carbamates (subject to hydrolysis) is 1. The lowest BCUT2D eigenvalue weighted by Gasteiger charge is -2.32. The van der Waals surface area contributed by atoms with Gasteiger partial charge in [-0.05, 0) is 40.5 Å². The number of ether oxygens (including phenoxy) is 2. The summed E-state index contributed by atoms with van der Waals surface area (Å²) < 4.78 is 10.4. The number of aliphatic carboxylic acids is 1. The van der Waals surface area contributed by atoms with Crippen molar-refractivity contribution in [2.24, 2.45) is 0 Å². The molecule has 6 heteroatoms. The van der Waals surface area contributed by atoms with E-state index in [0.29, 0.717) is 13.0 Å². The molecule has 1 aliphatic heterocycles. The summed E-state index contributed by atoms with van der Waals surface area (Å²) in [7, 11) is 0. The van der Waals surface area contributed by atoms with E-state index >= 15 is 0 Å². The maximum absolute atomic E-state index is 11.7. The van der Waals surface area contributed by atoms with Gasteiger partial charge in [-0.15, -0.1) is 0 Å². The molecule has 104 valence electrons. The number of hydrogen-bond donors (Lipinski definition) is 2. The van der Waals surface area contributed by atoms with Crippen LogP contribution in [-0.2, 0) is 14.3 Å². The van der Waals surface area contributed by atoms with Crippen LogP contribution >= 0.6 is 0 Å². The van der Waals surface area contributed by atoms with Crippen LogP contribution in [0.25, 0.3) is 0 Å². The van der Waals surface area contributed by atoms with E-state index in [-0.39, 0.29) is 0 Å². The molecule has 0 radical (unpaired) electrons. The third-order valence-electron chi connectivity index (χ3n) is 2.78. The van der Waals surface area contributed by atoms with Gasteiger partial charge in [0.2, 0.25) is 0 Å². The predicted octanol–water partition coefficient (Wildman–Crippen LogP) is 1.53. The largest absolute Gasteiger partial charge is 0.479 e. The minimum Gasteiger partial charge on any atom is -0.479 e. The third kappa shape index (κ3) is 3.60. The maximum Gasteiger partial charge on any atom is 0.408 e. The summed E-state index contributed by atoms with van der Waals surface area (Å²) in [6.45, 7) is 7.11. The quantitative estimate of drug-likeness (QED) is 0.803. The van der Waals surface area contributed by atoms with E-state index in [4.69, 9.17) is 9.47 Å². The second-order valence-electron chi connectivity index (χ2n) is 5.64.